The highest BCUT2D eigenvalue weighted by Crippen LogP contribution is 2.66. The Morgan fingerprint density at radius 2 is 1.92 bits per heavy atom. The topological polar surface area (TPSA) is 46.2 Å². The maximum Gasteiger partial charge on any atom is 0.0456 e. The summed E-state index contributed by atoms with van der Waals surface area (Å²) >= 11 is 0. The molecule has 2 nitrogen and oxygen atoms in total. The van der Waals surface area contributed by atoms with Gasteiger partial charge in [0.15, 0.2) is 0 Å². The molecule has 146 valence electrons. The number of benzene rings is 1. The summed E-state index contributed by atoms with van der Waals surface area (Å²) < 4.78 is 0. The van der Waals surface area contributed by atoms with Crippen LogP contribution in [-0.4, -0.2) is 18.3 Å². The first-order valence-corrected chi connectivity index (χ1v) is 10.9. The van der Waals surface area contributed by atoms with E-state index < -0.39 is 0 Å². The molecule has 1 aromatic rings. The van der Waals surface area contributed by atoms with E-state index in [1.165, 1.54) is 49.7 Å². The van der Waals surface area contributed by atoms with Gasteiger partial charge in [0.2, 0.25) is 0 Å². The van der Waals surface area contributed by atoms with E-state index in [2.05, 4.69) is 45.0 Å². The fourth-order valence-corrected chi connectivity index (χ4v) is 5.88. The molecular formula is C24H39NO. The minimum atomic E-state index is 0.326. The predicted octanol–water partition coefficient (Wildman–Crippen LogP) is 5.28. The molecule has 2 saturated carbocycles. The van der Waals surface area contributed by atoms with Crippen LogP contribution in [0.3, 0.4) is 0 Å². The van der Waals surface area contributed by atoms with Gasteiger partial charge in [0.25, 0.3) is 0 Å². The van der Waals surface area contributed by atoms with Gasteiger partial charge >= 0.3 is 0 Å². The van der Waals surface area contributed by atoms with Crippen LogP contribution in [-0.2, 0) is 0 Å². The normalized spacial score (nSPS) is 32.7. The zero-order valence-electron chi connectivity index (χ0n) is 17.1. The van der Waals surface area contributed by atoms with Gasteiger partial charge in [0, 0.05) is 6.61 Å². The molecule has 0 aliphatic heterocycles. The van der Waals surface area contributed by atoms with Crippen LogP contribution in [0.25, 0.3) is 0 Å². The molecule has 0 amide bonds. The third kappa shape index (κ3) is 3.87. The molecule has 6 atom stereocenters. The number of nitrogens with two attached hydrogens (primary N) is 1. The first-order chi connectivity index (χ1) is 12.5. The van der Waals surface area contributed by atoms with Gasteiger partial charge in [-0.1, -0.05) is 56.5 Å². The summed E-state index contributed by atoms with van der Waals surface area (Å²) in [7, 11) is 0. The van der Waals surface area contributed by atoms with E-state index in [1.807, 2.05) is 0 Å². The number of hydrogen-bond acceptors (Lipinski definition) is 2. The number of aryl methyl sites for hydroxylation is 1. The van der Waals surface area contributed by atoms with Crippen molar-refractivity contribution in [3.05, 3.63) is 35.4 Å². The minimum absolute atomic E-state index is 0.326. The van der Waals surface area contributed by atoms with E-state index in [0.29, 0.717) is 23.9 Å². The Bertz CT molecular complexity index is 568. The van der Waals surface area contributed by atoms with Crippen molar-refractivity contribution in [3.8, 4) is 0 Å². The Kier molecular flexibility index (Phi) is 6.45. The molecule has 0 aromatic heterocycles. The zero-order valence-corrected chi connectivity index (χ0v) is 17.1. The minimum Gasteiger partial charge on any atom is -0.396 e. The summed E-state index contributed by atoms with van der Waals surface area (Å²) in [6, 6.07) is 9.21. The van der Waals surface area contributed by atoms with E-state index in [4.69, 9.17) is 5.73 Å². The van der Waals surface area contributed by atoms with Crippen molar-refractivity contribution in [1.82, 2.24) is 0 Å². The van der Waals surface area contributed by atoms with Gasteiger partial charge in [-0.25, -0.2) is 0 Å². The van der Waals surface area contributed by atoms with Crippen molar-refractivity contribution in [2.45, 2.75) is 71.6 Å². The number of aliphatic hydroxyl groups excluding tert-OH is 1. The standard InChI is InChI=1S/C24H39NO/c1-4-19(8-5-18(3)15-26)11-22-13-23-12-21(14-24(22,23)16-25)20-9-6-17(2)7-10-20/h6-7,9-10,18-19,21-23,26H,4-5,8,11-16,25H2,1-3H3. The SMILES string of the molecule is CCC(CCC(C)CO)CC1CC2CC(c3ccc(C)cc3)CC12CN. The van der Waals surface area contributed by atoms with Crippen molar-refractivity contribution in [3.63, 3.8) is 0 Å². The maximum atomic E-state index is 9.30. The molecular weight excluding hydrogens is 318 g/mol. The molecule has 1 aromatic carbocycles. The molecule has 0 bridgehead atoms. The van der Waals surface area contributed by atoms with Crippen LogP contribution in [0.15, 0.2) is 24.3 Å². The van der Waals surface area contributed by atoms with Gasteiger partial charge in [-0.05, 0) is 86.1 Å². The molecule has 26 heavy (non-hydrogen) atoms. The summed E-state index contributed by atoms with van der Waals surface area (Å²) in [6.45, 7) is 7.86. The second-order valence-electron chi connectivity index (χ2n) is 9.49. The zero-order chi connectivity index (χ0) is 18.7. The number of aliphatic hydroxyl groups is 1. The average molecular weight is 358 g/mol. The third-order valence-corrected chi connectivity index (χ3v) is 7.89. The molecule has 0 heterocycles. The van der Waals surface area contributed by atoms with Gasteiger partial charge in [-0.2, -0.15) is 0 Å². The summed E-state index contributed by atoms with van der Waals surface area (Å²) in [5.41, 5.74) is 9.68. The molecule has 0 spiro atoms. The first kappa shape index (κ1) is 19.9. The lowest BCUT2D eigenvalue weighted by atomic mass is 9.52. The van der Waals surface area contributed by atoms with Gasteiger partial charge < -0.3 is 10.8 Å². The second kappa shape index (κ2) is 8.44. The summed E-state index contributed by atoms with van der Waals surface area (Å²) in [6.07, 6.45) is 9.07. The van der Waals surface area contributed by atoms with Crippen molar-refractivity contribution in [2.24, 2.45) is 34.8 Å². The lowest BCUT2D eigenvalue weighted by Crippen LogP contribution is -2.51. The quantitative estimate of drug-likeness (QED) is 0.631. The summed E-state index contributed by atoms with van der Waals surface area (Å²) in [4.78, 5) is 0. The van der Waals surface area contributed by atoms with E-state index in [1.54, 1.807) is 0 Å². The molecule has 2 aliphatic carbocycles. The van der Waals surface area contributed by atoms with Crippen molar-refractivity contribution >= 4 is 0 Å². The van der Waals surface area contributed by atoms with Crippen LogP contribution < -0.4 is 5.73 Å². The number of rotatable bonds is 9. The highest BCUT2D eigenvalue weighted by atomic mass is 16.3. The highest BCUT2D eigenvalue weighted by molar-refractivity contribution is 5.28. The Morgan fingerprint density at radius 1 is 1.19 bits per heavy atom. The van der Waals surface area contributed by atoms with Gasteiger partial charge in [0.1, 0.15) is 0 Å². The lowest BCUT2D eigenvalue weighted by Gasteiger charge is -2.53. The molecule has 3 N–H and O–H groups in total. The first-order valence-electron chi connectivity index (χ1n) is 10.9. The van der Waals surface area contributed by atoms with E-state index in [-0.39, 0.29) is 0 Å². The number of hydrogen-bond donors (Lipinski definition) is 2. The Labute approximate surface area is 160 Å². The van der Waals surface area contributed by atoms with E-state index in [9.17, 15) is 5.11 Å². The Balaban J connectivity index is 1.62. The van der Waals surface area contributed by atoms with Gasteiger partial charge in [-0.3, -0.25) is 0 Å². The molecule has 3 rings (SSSR count). The smallest absolute Gasteiger partial charge is 0.0456 e. The monoisotopic (exact) mass is 357 g/mol. The highest BCUT2D eigenvalue weighted by Gasteiger charge is 2.58. The molecule has 2 aliphatic rings. The summed E-state index contributed by atoms with van der Waals surface area (Å²) in [5.74, 6) is 3.62. The van der Waals surface area contributed by atoms with Crippen molar-refractivity contribution in [2.75, 3.05) is 13.2 Å². The van der Waals surface area contributed by atoms with Crippen LogP contribution in [0.4, 0.5) is 0 Å². The predicted molar refractivity (Wildman–Crippen MR) is 110 cm³/mol. The maximum absolute atomic E-state index is 9.30. The van der Waals surface area contributed by atoms with E-state index >= 15 is 0 Å². The van der Waals surface area contributed by atoms with Crippen LogP contribution in [0.1, 0.15) is 75.8 Å². The molecule has 2 heteroatoms. The van der Waals surface area contributed by atoms with Crippen molar-refractivity contribution in [1.29, 1.82) is 0 Å². The van der Waals surface area contributed by atoms with Crippen LogP contribution >= 0.6 is 0 Å². The van der Waals surface area contributed by atoms with Crippen LogP contribution in [0.2, 0.25) is 0 Å². The van der Waals surface area contributed by atoms with Crippen LogP contribution in [0.5, 0.6) is 0 Å². The molecule has 0 saturated heterocycles. The van der Waals surface area contributed by atoms with Gasteiger partial charge in [0.05, 0.1) is 0 Å². The van der Waals surface area contributed by atoms with Crippen LogP contribution in [0, 0.1) is 36.0 Å². The number of fused-ring (bicyclic) bond motifs is 1. The van der Waals surface area contributed by atoms with Gasteiger partial charge in [-0.15, -0.1) is 0 Å². The van der Waals surface area contributed by atoms with Crippen molar-refractivity contribution < 1.29 is 5.11 Å². The second-order valence-corrected chi connectivity index (χ2v) is 9.49. The van der Waals surface area contributed by atoms with E-state index in [0.717, 1.165) is 30.7 Å². The molecule has 6 unspecified atom stereocenters. The summed E-state index contributed by atoms with van der Waals surface area (Å²) in [5, 5.41) is 9.30. The largest absolute Gasteiger partial charge is 0.396 e. The fourth-order valence-electron chi connectivity index (χ4n) is 5.88. The third-order valence-electron chi connectivity index (χ3n) is 7.89. The Morgan fingerprint density at radius 3 is 2.54 bits per heavy atom. The molecule has 2 fully saturated rings. The molecule has 0 radical (unpaired) electrons. The lowest BCUT2D eigenvalue weighted by molar-refractivity contribution is -0.0346. The fraction of sp³-hybridized carbons (Fsp3) is 0.750. The average Bonchev–Trinajstić information content (AvgIpc) is 2.95. The Hall–Kier alpha value is -0.860.